The topological polar surface area (TPSA) is 51.0 Å². The van der Waals surface area contributed by atoms with E-state index in [9.17, 15) is 0 Å². The van der Waals surface area contributed by atoms with Gasteiger partial charge in [-0.2, -0.15) is 0 Å². The first kappa shape index (κ1) is 12.3. The summed E-state index contributed by atoms with van der Waals surface area (Å²) in [5.41, 5.74) is 2.87. The molecule has 0 saturated carbocycles. The van der Waals surface area contributed by atoms with Crippen molar-refractivity contribution >= 4 is 11.3 Å². The van der Waals surface area contributed by atoms with Gasteiger partial charge in [0.2, 0.25) is 5.89 Å². The van der Waals surface area contributed by atoms with E-state index in [1.165, 1.54) is 0 Å². The van der Waals surface area contributed by atoms with E-state index < -0.39 is 0 Å². The highest BCUT2D eigenvalue weighted by molar-refractivity contribution is 7.13. The minimum absolute atomic E-state index is 0.0645. The SMILES string of the molecule is Cc1ncsc1-c1cnc(CNC(C)(C)C)o1. The second-order valence-electron chi connectivity index (χ2n) is 4.99. The van der Waals surface area contributed by atoms with Gasteiger partial charge in [-0.1, -0.05) is 0 Å². The molecule has 0 fully saturated rings. The van der Waals surface area contributed by atoms with Crippen LogP contribution in [0.2, 0.25) is 0 Å². The first-order chi connectivity index (χ1) is 7.96. The summed E-state index contributed by atoms with van der Waals surface area (Å²) >= 11 is 1.57. The number of oxazole rings is 1. The Morgan fingerprint density at radius 3 is 2.71 bits per heavy atom. The van der Waals surface area contributed by atoms with Crippen LogP contribution in [0.1, 0.15) is 32.4 Å². The van der Waals surface area contributed by atoms with Crippen molar-refractivity contribution < 1.29 is 4.42 Å². The second kappa shape index (κ2) is 4.58. The molecule has 0 spiro atoms. The third-order valence-corrected chi connectivity index (χ3v) is 3.24. The fourth-order valence-electron chi connectivity index (χ4n) is 1.38. The maximum atomic E-state index is 5.70. The number of nitrogens with one attached hydrogen (secondary N) is 1. The van der Waals surface area contributed by atoms with E-state index in [4.69, 9.17) is 4.42 Å². The molecule has 0 bridgehead atoms. The Morgan fingerprint density at radius 2 is 2.12 bits per heavy atom. The van der Waals surface area contributed by atoms with Gasteiger partial charge in [-0.25, -0.2) is 9.97 Å². The quantitative estimate of drug-likeness (QED) is 0.911. The molecule has 17 heavy (non-hydrogen) atoms. The highest BCUT2D eigenvalue weighted by Crippen LogP contribution is 2.27. The van der Waals surface area contributed by atoms with Crippen LogP contribution in [0, 0.1) is 6.92 Å². The minimum atomic E-state index is 0.0645. The molecule has 2 aromatic rings. The van der Waals surface area contributed by atoms with Gasteiger partial charge in [0.25, 0.3) is 0 Å². The van der Waals surface area contributed by atoms with E-state index in [1.807, 2.05) is 12.4 Å². The van der Waals surface area contributed by atoms with Gasteiger partial charge in [0.1, 0.15) is 0 Å². The summed E-state index contributed by atoms with van der Waals surface area (Å²) in [6.07, 6.45) is 1.76. The third kappa shape index (κ3) is 3.14. The Balaban J connectivity index is 2.09. The minimum Gasteiger partial charge on any atom is -0.438 e. The number of hydrogen-bond acceptors (Lipinski definition) is 5. The molecule has 2 heterocycles. The molecule has 92 valence electrons. The molecule has 0 atom stereocenters. The number of nitrogens with zero attached hydrogens (tertiary/aromatic N) is 2. The zero-order chi connectivity index (χ0) is 12.5. The maximum absolute atomic E-state index is 5.70. The molecule has 5 heteroatoms. The summed E-state index contributed by atoms with van der Waals surface area (Å²) in [5, 5.41) is 3.34. The molecule has 1 N–H and O–H groups in total. The summed E-state index contributed by atoms with van der Waals surface area (Å²) < 4.78 is 5.70. The van der Waals surface area contributed by atoms with E-state index in [2.05, 4.69) is 36.1 Å². The number of hydrogen-bond donors (Lipinski definition) is 1. The van der Waals surface area contributed by atoms with Crippen molar-refractivity contribution in [2.45, 2.75) is 39.8 Å². The van der Waals surface area contributed by atoms with Gasteiger partial charge in [-0.15, -0.1) is 11.3 Å². The van der Waals surface area contributed by atoms with E-state index in [0.29, 0.717) is 12.4 Å². The molecule has 0 amide bonds. The fraction of sp³-hybridized carbons (Fsp3) is 0.500. The molecular formula is C12H17N3OS. The van der Waals surface area contributed by atoms with Crippen LogP contribution >= 0.6 is 11.3 Å². The van der Waals surface area contributed by atoms with Crippen molar-refractivity contribution in [3.05, 3.63) is 23.3 Å². The molecule has 0 aliphatic carbocycles. The largest absolute Gasteiger partial charge is 0.438 e. The molecule has 0 radical (unpaired) electrons. The molecule has 0 saturated heterocycles. The number of rotatable bonds is 3. The smallest absolute Gasteiger partial charge is 0.208 e. The Labute approximate surface area is 105 Å². The standard InChI is InChI=1S/C12H17N3OS/c1-8-11(17-7-14-8)9-5-13-10(16-9)6-15-12(2,3)4/h5,7,15H,6H2,1-4H3. The molecule has 0 aliphatic heterocycles. The van der Waals surface area contributed by atoms with Crippen molar-refractivity contribution in [2.75, 3.05) is 0 Å². The maximum Gasteiger partial charge on any atom is 0.208 e. The summed E-state index contributed by atoms with van der Waals surface area (Å²) in [5.74, 6) is 1.51. The third-order valence-electron chi connectivity index (χ3n) is 2.29. The fourth-order valence-corrected chi connectivity index (χ4v) is 2.13. The van der Waals surface area contributed by atoms with Crippen molar-refractivity contribution in [1.82, 2.24) is 15.3 Å². The van der Waals surface area contributed by atoms with Gasteiger partial charge >= 0.3 is 0 Å². The first-order valence-corrected chi connectivity index (χ1v) is 6.44. The van der Waals surface area contributed by atoms with E-state index in [-0.39, 0.29) is 5.54 Å². The van der Waals surface area contributed by atoms with Gasteiger partial charge in [0.15, 0.2) is 5.76 Å². The molecule has 0 aromatic carbocycles. The average molecular weight is 251 g/mol. The van der Waals surface area contributed by atoms with Crippen molar-refractivity contribution in [3.63, 3.8) is 0 Å². The van der Waals surface area contributed by atoms with Crippen molar-refractivity contribution in [2.24, 2.45) is 0 Å². The van der Waals surface area contributed by atoms with Crippen LogP contribution in [0.25, 0.3) is 10.6 Å². The van der Waals surface area contributed by atoms with Crippen LogP contribution in [0.4, 0.5) is 0 Å². The van der Waals surface area contributed by atoms with Gasteiger partial charge < -0.3 is 9.73 Å². The van der Waals surface area contributed by atoms with Gasteiger partial charge in [0.05, 0.1) is 28.8 Å². The summed E-state index contributed by atoms with van der Waals surface area (Å²) in [6, 6.07) is 0. The average Bonchev–Trinajstić information content (AvgIpc) is 2.81. The molecule has 2 rings (SSSR count). The molecule has 0 aliphatic rings. The summed E-state index contributed by atoms with van der Waals surface area (Å²) in [7, 11) is 0. The van der Waals surface area contributed by atoms with E-state index >= 15 is 0 Å². The monoisotopic (exact) mass is 251 g/mol. The van der Waals surface area contributed by atoms with Gasteiger partial charge in [0, 0.05) is 5.54 Å². The predicted octanol–water partition coefficient (Wildman–Crippen LogP) is 2.99. The number of aromatic nitrogens is 2. The normalized spacial score (nSPS) is 12.0. The van der Waals surface area contributed by atoms with E-state index in [0.717, 1.165) is 16.3 Å². The zero-order valence-electron chi connectivity index (χ0n) is 10.6. The number of thiazole rings is 1. The van der Waals surface area contributed by atoms with Gasteiger partial charge in [-0.3, -0.25) is 0 Å². The predicted molar refractivity (Wildman–Crippen MR) is 68.9 cm³/mol. The van der Waals surface area contributed by atoms with Crippen molar-refractivity contribution in [3.8, 4) is 10.6 Å². The molecule has 4 nitrogen and oxygen atoms in total. The van der Waals surface area contributed by atoms with Crippen LogP contribution < -0.4 is 5.32 Å². The molecule has 2 aromatic heterocycles. The lowest BCUT2D eigenvalue weighted by Crippen LogP contribution is -2.35. The van der Waals surface area contributed by atoms with Crippen LogP contribution in [0.5, 0.6) is 0 Å². The summed E-state index contributed by atoms with van der Waals surface area (Å²) in [4.78, 5) is 9.52. The Hall–Kier alpha value is -1.20. The lowest BCUT2D eigenvalue weighted by atomic mass is 10.1. The lowest BCUT2D eigenvalue weighted by molar-refractivity contribution is 0.384. The van der Waals surface area contributed by atoms with Gasteiger partial charge in [-0.05, 0) is 27.7 Å². The Morgan fingerprint density at radius 1 is 1.35 bits per heavy atom. The highest BCUT2D eigenvalue weighted by atomic mass is 32.1. The lowest BCUT2D eigenvalue weighted by Gasteiger charge is -2.18. The number of aryl methyl sites for hydroxylation is 1. The van der Waals surface area contributed by atoms with Crippen LogP contribution in [-0.4, -0.2) is 15.5 Å². The first-order valence-electron chi connectivity index (χ1n) is 5.56. The van der Waals surface area contributed by atoms with Crippen LogP contribution in [-0.2, 0) is 6.54 Å². The summed E-state index contributed by atoms with van der Waals surface area (Å²) in [6.45, 7) is 8.96. The van der Waals surface area contributed by atoms with Crippen LogP contribution in [0.15, 0.2) is 16.1 Å². The molecule has 0 unspecified atom stereocenters. The van der Waals surface area contributed by atoms with Crippen molar-refractivity contribution in [1.29, 1.82) is 0 Å². The Bertz CT molecular complexity index is 496. The highest BCUT2D eigenvalue weighted by Gasteiger charge is 2.13. The zero-order valence-corrected chi connectivity index (χ0v) is 11.4. The van der Waals surface area contributed by atoms with E-state index in [1.54, 1.807) is 17.5 Å². The molecular weight excluding hydrogens is 234 g/mol. The Kier molecular flexibility index (Phi) is 3.31. The van der Waals surface area contributed by atoms with Crippen LogP contribution in [0.3, 0.4) is 0 Å². The second-order valence-corrected chi connectivity index (χ2v) is 5.84.